The smallest absolute Gasteiger partial charge is 0.341 e. The number of carbonyl (C=O) groups is 1. The van der Waals surface area contributed by atoms with Crippen LogP contribution in [0.1, 0.15) is 16.6 Å². The lowest BCUT2D eigenvalue weighted by Gasteiger charge is -2.19. The van der Waals surface area contributed by atoms with Crippen LogP contribution in [0.3, 0.4) is 0 Å². The molecule has 11 heteroatoms. The Hall–Kier alpha value is -1.39. The number of aliphatic hydroxyl groups is 2. The number of nitrogens with zero attached hydrogens (tertiary/aromatic N) is 1. The molecule has 10 nitrogen and oxygen atoms in total. The standard InChI is InChI=1S/C11H14NO9P/c13-8-7(5-20-22(17,18)19)21-10(9(8)14)12-3-1-2-6(4-12)11(15)16/h1-4,7-10,13-14H,5H2,(H2-,15,16,17,18,19)/t7-,8+,9?,10-/m1/s1. The van der Waals surface area contributed by atoms with E-state index in [0.29, 0.717) is 0 Å². The number of aromatic nitrogens is 1. The van der Waals surface area contributed by atoms with Crippen molar-refractivity contribution >= 4 is 13.8 Å². The molecule has 1 aromatic heterocycles. The molecule has 22 heavy (non-hydrogen) atoms. The van der Waals surface area contributed by atoms with Gasteiger partial charge in [-0.05, 0) is 6.07 Å². The van der Waals surface area contributed by atoms with Gasteiger partial charge in [0.1, 0.15) is 17.8 Å². The summed E-state index contributed by atoms with van der Waals surface area (Å²) in [5, 5.41) is 28.7. The van der Waals surface area contributed by atoms with Crippen LogP contribution in [-0.2, 0) is 13.8 Å². The number of phosphoric ester groups is 1. The minimum atomic E-state index is -4.98. The van der Waals surface area contributed by atoms with Gasteiger partial charge >= 0.3 is 5.97 Å². The third-order valence-corrected chi connectivity index (χ3v) is 3.58. The molecule has 2 unspecified atom stereocenters. The SMILES string of the molecule is O=C(O)c1ccc[n+]([C@@H]2O[C@H](COP(=O)([O-])O)[C@H](O)C2O)c1. The molecule has 2 rings (SSSR count). The predicted octanol–water partition coefficient (Wildman–Crippen LogP) is -2.23. The summed E-state index contributed by atoms with van der Waals surface area (Å²) in [6, 6.07) is 2.74. The molecular formula is C11H14NO9P. The molecule has 122 valence electrons. The maximum Gasteiger partial charge on any atom is 0.341 e. The van der Waals surface area contributed by atoms with E-state index in [4.69, 9.17) is 14.7 Å². The van der Waals surface area contributed by atoms with Gasteiger partial charge in [-0.1, -0.05) is 0 Å². The second-order valence-corrected chi connectivity index (χ2v) is 5.85. The van der Waals surface area contributed by atoms with Gasteiger partial charge in [0.25, 0.3) is 14.1 Å². The molecule has 0 radical (unpaired) electrons. The third-order valence-electron chi connectivity index (χ3n) is 3.10. The summed E-state index contributed by atoms with van der Waals surface area (Å²) in [7, 11) is -4.98. The Morgan fingerprint density at radius 1 is 1.45 bits per heavy atom. The van der Waals surface area contributed by atoms with Crippen molar-refractivity contribution in [3.63, 3.8) is 0 Å². The predicted molar refractivity (Wildman–Crippen MR) is 65.3 cm³/mol. The zero-order chi connectivity index (χ0) is 16.5. The number of carboxylic acid groups (broad SMARTS) is 1. The summed E-state index contributed by atoms with van der Waals surface area (Å²) in [6.45, 7) is -0.689. The number of ether oxygens (including phenoxy) is 1. The van der Waals surface area contributed by atoms with Gasteiger partial charge < -0.3 is 34.4 Å². The van der Waals surface area contributed by atoms with E-state index < -0.39 is 44.9 Å². The van der Waals surface area contributed by atoms with Crippen LogP contribution in [0.15, 0.2) is 24.5 Å². The van der Waals surface area contributed by atoms with Crippen LogP contribution < -0.4 is 9.46 Å². The van der Waals surface area contributed by atoms with Crippen LogP contribution in [0.25, 0.3) is 0 Å². The summed E-state index contributed by atoms with van der Waals surface area (Å²) in [6.07, 6.45) is -2.65. The van der Waals surface area contributed by atoms with Crippen LogP contribution in [-0.4, -0.2) is 51.1 Å². The topological polar surface area (TPSA) is 160 Å². The van der Waals surface area contributed by atoms with Gasteiger partial charge in [0, 0.05) is 6.07 Å². The average Bonchev–Trinajstić information content (AvgIpc) is 2.72. The van der Waals surface area contributed by atoms with Crippen molar-refractivity contribution in [3.8, 4) is 0 Å². The van der Waals surface area contributed by atoms with E-state index in [1.165, 1.54) is 29.1 Å². The third kappa shape index (κ3) is 3.87. The first-order chi connectivity index (χ1) is 10.2. The van der Waals surface area contributed by atoms with Gasteiger partial charge in [0.15, 0.2) is 18.5 Å². The molecule has 5 atom stereocenters. The van der Waals surface area contributed by atoms with Gasteiger partial charge in [-0.3, -0.25) is 4.57 Å². The second-order valence-electron chi connectivity index (χ2n) is 4.66. The molecule has 0 amide bonds. The lowest BCUT2D eigenvalue weighted by molar-refractivity contribution is -0.765. The maximum absolute atomic E-state index is 10.9. The van der Waals surface area contributed by atoms with E-state index in [1.807, 2.05) is 0 Å². The Labute approximate surface area is 124 Å². The first-order valence-electron chi connectivity index (χ1n) is 6.13. The van der Waals surface area contributed by atoms with Crippen molar-refractivity contribution in [1.82, 2.24) is 0 Å². The summed E-state index contributed by atoms with van der Waals surface area (Å²) in [4.78, 5) is 30.0. The molecule has 0 bridgehead atoms. The number of rotatable bonds is 5. The fourth-order valence-corrected chi connectivity index (χ4v) is 2.39. The van der Waals surface area contributed by atoms with Crippen molar-refractivity contribution in [1.29, 1.82) is 0 Å². The Morgan fingerprint density at radius 2 is 2.14 bits per heavy atom. The molecule has 0 aromatic carbocycles. The zero-order valence-electron chi connectivity index (χ0n) is 11.1. The lowest BCUT2D eigenvalue weighted by Crippen LogP contribution is -2.46. The van der Waals surface area contributed by atoms with E-state index in [2.05, 4.69) is 4.52 Å². The number of aromatic carboxylic acids is 1. The van der Waals surface area contributed by atoms with E-state index in [9.17, 15) is 24.5 Å². The highest BCUT2D eigenvalue weighted by atomic mass is 31.2. The van der Waals surface area contributed by atoms with Crippen molar-refractivity contribution in [3.05, 3.63) is 30.1 Å². The summed E-state index contributed by atoms with van der Waals surface area (Å²) in [5.74, 6) is -1.19. The van der Waals surface area contributed by atoms with E-state index in [1.54, 1.807) is 0 Å². The number of aliphatic hydroxyl groups excluding tert-OH is 2. The van der Waals surface area contributed by atoms with Crippen molar-refractivity contribution in [2.45, 2.75) is 24.5 Å². The second kappa shape index (κ2) is 6.39. The Kier molecular flexibility index (Phi) is 4.93. The molecule has 1 aromatic rings. The van der Waals surface area contributed by atoms with Crippen LogP contribution in [0.4, 0.5) is 0 Å². The minimum absolute atomic E-state index is 0.0630. The molecular weight excluding hydrogens is 321 g/mol. The average molecular weight is 335 g/mol. The molecule has 0 spiro atoms. The first-order valence-corrected chi connectivity index (χ1v) is 7.62. The van der Waals surface area contributed by atoms with Gasteiger partial charge in [-0.2, -0.15) is 4.57 Å². The molecule has 1 fully saturated rings. The minimum Gasteiger partial charge on any atom is -0.756 e. The van der Waals surface area contributed by atoms with Crippen molar-refractivity contribution in [2.24, 2.45) is 0 Å². The zero-order valence-corrected chi connectivity index (χ0v) is 11.9. The molecule has 2 heterocycles. The summed E-state index contributed by atoms with van der Waals surface area (Å²) < 4.78 is 21.2. The molecule has 4 N–H and O–H groups in total. The number of hydrogen-bond donors (Lipinski definition) is 4. The quantitative estimate of drug-likeness (QED) is 0.345. The van der Waals surface area contributed by atoms with Gasteiger partial charge in [0.05, 0.1) is 6.61 Å². The van der Waals surface area contributed by atoms with Gasteiger partial charge in [0.2, 0.25) is 0 Å². The normalized spacial score (nSPS) is 30.9. The van der Waals surface area contributed by atoms with E-state index >= 15 is 0 Å². The monoisotopic (exact) mass is 335 g/mol. The van der Waals surface area contributed by atoms with Crippen molar-refractivity contribution < 1.29 is 48.3 Å². The molecule has 1 aliphatic heterocycles. The highest BCUT2D eigenvalue weighted by molar-refractivity contribution is 7.44. The molecule has 1 aliphatic rings. The van der Waals surface area contributed by atoms with Gasteiger partial charge in [-0.15, -0.1) is 0 Å². The lowest BCUT2D eigenvalue weighted by atomic mass is 10.1. The number of phosphoric acid groups is 1. The highest BCUT2D eigenvalue weighted by Crippen LogP contribution is 2.33. The van der Waals surface area contributed by atoms with E-state index in [-0.39, 0.29) is 5.56 Å². The maximum atomic E-state index is 10.9. The van der Waals surface area contributed by atoms with Crippen LogP contribution in [0.2, 0.25) is 0 Å². The fourth-order valence-electron chi connectivity index (χ4n) is 2.06. The van der Waals surface area contributed by atoms with Crippen LogP contribution in [0.5, 0.6) is 0 Å². The Bertz CT molecular complexity index is 603. The fraction of sp³-hybridized carbons (Fsp3) is 0.455. The first kappa shape index (κ1) is 17.0. The largest absolute Gasteiger partial charge is 0.756 e. The van der Waals surface area contributed by atoms with Crippen LogP contribution in [0, 0.1) is 0 Å². The number of pyridine rings is 1. The van der Waals surface area contributed by atoms with Gasteiger partial charge in [-0.25, -0.2) is 4.79 Å². The molecule has 0 aliphatic carbocycles. The summed E-state index contributed by atoms with van der Waals surface area (Å²) >= 11 is 0. The molecule has 0 saturated carbocycles. The number of hydrogen-bond acceptors (Lipinski definition) is 7. The Balaban J connectivity index is 2.14. The number of carboxylic acids is 1. The highest BCUT2D eigenvalue weighted by Gasteiger charge is 2.48. The Morgan fingerprint density at radius 3 is 2.73 bits per heavy atom. The molecule has 1 saturated heterocycles. The summed E-state index contributed by atoms with van der Waals surface area (Å²) in [5.41, 5.74) is -0.0630. The van der Waals surface area contributed by atoms with Crippen molar-refractivity contribution in [2.75, 3.05) is 6.61 Å². The van der Waals surface area contributed by atoms with E-state index in [0.717, 1.165) is 0 Å². The van der Waals surface area contributed by atoms with Crippen LogP contribution >= 0.6 is 7.82 Å².